The van der Waals surface area contributed by atoms with Gasteiger partial charge in [-0.1, -0.05) is 6.92 Å². The fourth-order valence-electron chi connectivity index (χ4n) is 3.26. The number of nitrogens with two attached hydrogens (primary N) is 1. The highest BCUT2D eigenvalue weighted by Gasteiger charge is 2.23. The molecular formula is C20H22N4O4. The van der Waals surface area contributed by atoms with Crippen LogP contribution in [0.15, 0.2) is 42.5 Å². The largest absolute Gasteiger partial charge is 0.371 e. The quantitative estimate of drug-likeness (QED) is 0.608. The zero-order valence-electron chi connectivity index (χ0n) is 15.6. The number of amides is 2. The van der Waals surface area contributed by atoms with Crippen LogP contribution >= 0.6 is 0 Å². The van der Waals surface area contributed by atoms with E-state index in [0.29, 0.717) is 22.9 Å². The van der Waals surface area contributed by atoms with E-state index in [4.69, 9.17) is 5.73 Å². The minimum absolute atomic E-state index is 0.136. The van der Waals surface area contributed by atoms with Gasteiger partial charge in [-0.2, -0.15) is 0 Å². The van der Waals surface area contributed by atoms with Gasteiger partial charge in [-0.15, -0.1) is 0 Å². The Balaban J connectivity index is 1.88. The van der Waals surface area contributed by atoms with Crippen LogP contribution in [0.25, 0.3) is 0 Å². The molecule has 1 saturated heterocycles. The SMILES string of the molecule is CC1CCN(c2ccc([N+](=O)[O-])cc2C(=O)Nc2ccc(C(N)=O)cc2)CC1. The fourth-order valence-corrected chi connectivity index (χ4v) is 3.26. The van der Waals surface area contributed by atoms with E-state index in [2.05, 4.69) is 17.1 Å². The molecule has 3 rings (SSSR count). The Bertz CT molecular complexity index is 903. The lowest BCUT2D eigenvalue weighted by Gasteiger charge is -2.33. The molecule has 2 aromatic rings. The molecule has 1 aliphatic rings. The minimum Gasteiger partial charge on any atom is -0.371 e. The number of nitrogens with one attached hydrogen (secondary N) is 1. The maximum Gasteiger partial charge on any atom is 0.270 e. The van der Waals surface area contributed by atoms with Gasteiger partial charge in [-0.3, -0.25) is 19.7 Å². The maximum atomic E-state index is 12.9. The van der Waals surface area contributed by atoms with E-state index < -0.39 is 16.7 Å². The first kappa shape index (κ1) is 19.3. The second-order valence-corrected chi connectivity index (χ2v) is 7.02. The molecule has 2 amide bonds. The molecule has 0 spiro atoms. The number of nitrogens with zero attached hydrogens (tertiary/aromatic N) is 2. The fraction of sp³-hybridized carbons (Fsp3) is 0.300. The van der Waals surface area contributed by atoms with Crippen molar-refractivity contribution in [3.63, 3.8) is 0 Å². The van der Waals surface area contributed by atoms with Crippen LogP contribution < -0.4 is 16.0 Å². The maximum absolute atomic E-state index is 12.9. The summed E-state index contributed by atoms with van der Waals surface area (Å²) in [5.41, 5.74) is 6.82. The lowest BCUT2D eigenvalue weighted by molar-refractivity contribution is -0.384. The summed E-state index contributed by atoms with van der Waals surface area (Å²) in [6, 6.07) is 10.5. The monoisotopic (exact) mass is 382 g/mol. The van der Waals surface area contributed by atoms with Gasteiger partial charge >= 0.3 is 0 Å². The van der Waals surface area contributed by atoms with Crippen LogP contribution in [0.4, 0.5) is 17.1 Å². The highest BCUT2D eigenvalue weighted by molar-refractivity contribution is 6.08. The van der Waals surface area contributed by atoms with Crippen LogP contribution in [-0.2, 0) is 0 Å². The molecule has 0 saturated carbocycles. The average Bonchev–Trinajstić information content (AvgIpc) is 2.68. The van der Waals surface area contributed by atoms with E-state index in [1.807, 2.05) is 0 Å². The van der Waals surface area contributed by atoms with E-state index in [1.54, 1.807) is 18.2 Å². The number of nitro groups is 1. The van der Waals surface area contributed by atoms with Crippen molar-refractivity contribution in [2.24, 2.45) is 11.7 Å². The van der Waals surface area contributed by atoms with Gasteiger partial charge in [-0.05, 0) is 49.1 Å². The molecule has 0 aliphatic carbocycles. The number of benzene rings is 2. The number of hydrogen-bond acceptors (Lipinski definition) is 5. The number of piperidine rings is 1. The van der Waals surface area contributed by atoms with E-state index >= 15 is 0 Å². The number of hydrogen-bond donors (Lipinski definition) is 2. The van der Waals surface area contributed by atoms with Crippen molar-refractivity contribution in [1.82, 2.24) is 0 Å². The smallest absolute Gasteiger partial charge is 0.270 e. The molecule has 2 aromatic carbocycles. The molecule has 1 fully saturated rings. The second-order valence-electron chi connectivity index (χ2n) is 7.02. The third-order valence-electron chi connectivity index (χ3n) is 4.99. The molecule has 0 radical (unpaired) electrons. The predicted octanol–water partition coefficient (Wildman–Crippen LogP) is 3.18. The predicted molar refractivity (Wildman–Crippen MR) is 107 cm³/mol. The van der Waals surface area contributed by atoms with Gasteiger partial charge in [0, 0.05) is 36.5 Å². The number of rotatable bonds is 5. The highest BCUT2D eigenvalue weighted by atomic mass is 16.6. The van der Waals surface area contributed by atoms with Gasteiger partial charge in [0.1, 0.15) is 0 Å². The summed E-state index contributed by atoms with van der Waals surface area (Å²) in [7, 11) is 0. The minimum atomic E-state index is -0.557. The lowest BCUT2D eigenvalue weighted by atomic mass is 9.98. The number of carbonyl (C=O) groups is 2. The van der Waals surface area contributed by atoms with Crippen LogP contribution in [0.5, 0.6) is 0 Å². The summed E-state index contributed by atoms with van der Waals surface area (Å²) in [5, 5.41) is 13.9. The van der Waals surface area contributed by atoms with E-state index in [-0.39, 0.29) is 11.3 Å². The van der Waals surface area contributed by atoms with Gasteiger partial charge in [0.15, 0.2) is 0 Å². The Morgan fingerprint density at radius 3 is 2.36 bits per heavy atom. The molecule has 0 unspecified atom stereocenters. The zero-order valence-corrected chi connectivity index (χ0v) is 15.6. The van der Waals surface area contributed by atoms with Gasteiger partial charge in [-0.25, -0.2) is 0 Å². The van der Waals surface area contributed by atoms with Gasteiger partial charge in [0.2, 0.25) is 5.91 Å². The van der Waals surface area contributed by atoms with Crippen LogP contribution in [0.1, 0.15) is 40.5 Å². The van der Waals surface area contributed by atoms with Crippen LogP contribution in [0, 0.1) is 16.0 Å². The number of anilines is 2. The van der Waals surface area contributed by atoms with Crippen molar-refractivity contribution in [3.05, 3.63) is 63.7 Å². The normalized spacial score (nSPS) is 14.5. The molecule has 8 nitrogen and oxygen atoms in total. The van der Waals surface area contributed by atoms with Crippen LogP contribution in [0.3, 0.4) is 0 Å². The molecule has 28 heavy (non-hydrogen) atoms. The Kier molecular flexibility index (Phi) is 5.58. The third-order valence-corrected chi connectivity index (χ3v) is 4.99. The highest BCUT2D eigenvalue weighted by Crippen LogP contribution is 2.30. The second kappa shape index (κ2) is 8.08. The number of primary amides is 1. The van der Waals surface area contributed by atoms with Crippen molar-refractivity contribution in [3.8, 4) is 0 Å². The van der Waals surface area contributed by atoms with Gasteiger partial charge in [0.25, 0.3) is 11.6 Å². The van der Waals surface area contributed by atoms with Crippen LogP contribution in [0.2, 0.25) is 0 Å². The van der Waals surface area contributed by atoms with Gasteiger partial charge in [0.05, 0.1) is 16.2 Å². The topological polar surface area (TPSA) is 119 Å². The first-order valence-electron chi connectivity index (χ1n) is 9.09. The van der Waals surface area contributed by atoms with Gasteiger partial charge < -0.3 is 16.0 Å². The summed E-state index contributed by atoms with van der Waals surface area (Å²) in [6.45, 7) is 3.79. The molecule has 1 heterocycles. The number of non-ortho nitro benzene ring substituents is 1. The standard InChI is InChI=1S/C20H22N4O4/c1-13-8-10-23(11-9-13)18-7-6-16(24(27)28)12-17(18)20(26)22-15-4-2-14(3-5-15)19(21)25/h2-7,12-13H,8-11H2,1H3,(H2,21,25)(H,22,26). The molecule has 146 valence electrons. The molecule has 1 aliphatic heterocycles. The number of carbonyl (C=O) groups excluding carboxylic acids is 2. The first-order valence-corrected chi connectivity index (χ1v) is 9.09. The van der Waals surface area contributed by atoms with E-state index in [1.165, 1.54) is 24.3 Å². The Labute approximate surface area is 162 Å². The Morgan fingerprint density at radius 2 is 1.79 bits per heavy atom. The molecule has 0 bridgehead atoms. The Morgan fingerprint density at radius 1 is 1.14 bits per heavy atom. The molecular weight excluding hydrogens is 360 g/mol. The van der Waals surface area contributed by atoms with Crippen LogP contribution in [-0.4, -0.2) is 29.8 Å². The molecule has 8 heteroatoms. The van der Waals surface area contributed by atoms with E-state index in [0.717, 1.165) is 25.9 Å². The summed E-state index contributed by atoms with van der Waals surface area (Å²) < 4.78 is 0. The first-order chi connectivity index (χ1) is 13.3. The van der Waals surface area contributed by atoms with Crippen molar-refractivity contribution in [2.45, 2.75) is 19.8 Å². The average molecular weight is 382 g/mol. The zero-order chi connectivity index (χ0) is 20.3. The Hall–Kier alpha value is -3.42. The van der Waals surface area contributed by atoms with Crippen molar-refractivity contribution in [2.75, 3.05) is 23.3 Å². The third kappa shape index (κ3) is 4.28. The molecule has 0 aromatic heterocycles. The van der Waals surface area contributed by atoms with Crippen molar-refractivity contribution >= 4 is 28.9 Å². The van der Waals surface area contributed by atoms with E-state index in [9.17, 15) is 19.7 Å². The molecule has 0 atom stereocenters. The summed E-state index contributed by atoms with van der Waals surface area (Å²) in [5.74, 6) is -0.377. The number of nitro benzene ring substituents is 1. The summed E-state index contributed by atoms with van der Waals surface area (Å²) in [4.78, 5) is 36.8. The lowest BCUT2D eigenvalue weighted by Crippen LogP contribution is -2.34. The van der Waals surface area contributed by atoms with Crippen molar-refractivity contribution in [1.29, 1.82) is 0 Å². The molecule has 3 N–H and O–H groups in total. The van der Waals surface area contributed by atoms with Crippen molar-refractivity contribution < 1.29 is 14.5 Å². The summed E-state index contributed by atoms with van der Waals surface area (Å²) in [6.07, 6.45) is 2.01. The summed E-state index contributed by atoms with van der Waals surface area (Å²) >= 11 is 0.